The molecule has 134 valence electrons. The molecule has 1 aliphatic rings. The fraction of sp³-hybridized carbons (Fsp3) is 0.211. The van der Waals surface area contributed by atoms with Gasteiger partial charge in [0.15, 0.2) is 17.2 Å². The van der Waals surface area contributed by atoms with Crippen molar-refractivity contribution in [2.45, 2.75) is 18.9 Å². The Kier molecular flexibility index (Phi) is 3.49. The molecule has 4 aromatic rings. The summed E-state index contributed by atoms with van der Waals surface area (Å²) in [5, 5.41) is 16.0. The second-order valence-corrected chi connectivity index (χ2v) is 6.59. The lowest BCUT2D eigenvalue weighted by Gasteiger charge is -2.23. The smallest absolute Gasteiger partial charge is 0.275 e. The number of fused-ring (bicyclic) bond motifs is 2. The number of benzene rings is 1. The lowest BCUT2D eigenvalue weighted by atomic mass is 10.1. The van der Waals surface area contributed by atoms with Crippen LogP contribution in [0.25, 0.3) is 16.4 Å². The largest absolute Gasteiger partial charge is 0.327 e. The third kappa shape index (κ3) is 2.41. The molecule has 1 aromatic carbocycles. The van der Waals surface area contributed by atoms with Crippen molar-refractivity contribution in [3.05, 3.63) is 70.5 Å². The number of nitrogens with one attached hydrogen (secondary N) is 1. The number of rotatable bonds is 2. The Balaban J connectivity index is 1.59. The summed E-state index contributed by atoms with van der Waals surface area (Å²) >= 11 is 0. The van der Waals surface area contributed by atoms with Gasteiger partial charge in [0.25, 0.3) is 11.5 Å². The van der Waals surface area contributed by atoms with Crippen molar-refractivity contribution in [3.8, 4) is 0 Å². The number of H-pyrrole nitrogens is 1. The summed E-state index contributed by atoms with van der Waals surface area (Å²) in [6, 6.07) is 12.5. The van der Waals surface area contributed by atoms with E-state index >= 15 is 0 Å². The lowest BCUT2D eigenvalue weighted by molar-refractivity contribution is 0.0724. The van der Waals surface area contributed by atoms with E-state index in [1.54, 1.807) is 29.2 Å². The lowest BCUT2D eigenvalue weighted by Crippen LogP contribution is -2.33. The van der Waals surface area contributed by atoms with E-state index in [1.165, 1.54) is 0 Å². The number of likely N-dealkylation sites (tertiary alicyclic amines) is 1. The van der Waals surface area contributed by atoms with Crippen LogP contribution in [0.5, 0.6) is 0 Å². The molecule has 0 bridgehead atoms. The molecule has 0 spiro atoms. The number of hydrogen-bond donors (Lipinski definition) is 1. The number of aromatic amines is 1. The molecule has 1 atom stereocenters. The fourth-order valence-corrected chi connectivity index (χ4v) is 3.78. The van der Waals surface area contributed by atoms with Gasteiger partial charge in [-0.3, -0.25) is 14.0 Å². The summed E-state index contributed by atoms with van der Waals surface area (Å²) in [7, 11) is 0. The van der Waals surface area contributed by atoms with E-state index in [4.69, 9.17) is 0 Å². The summed E-state index contributed by atoms with van der Waals surface area (Å²) < 4.78 is 1.91. The van der Waals surface area contributed by atoms with Crippen LogP contribution in [0.1, 0.15) is 35.2 Å². The van der Waals surface area contributed by atoms with E-state index in [1.807, 2.05) is 28.8 Å². The van der Waals surface area contributed by atoms with Crippen molar-refractivity contribution in [3.63, 3.8) is 0 Å². The number of carbonyl (C=O) groups excluding carboxylic acids is 1. The highest BCUT2D eigenvalue weighted by molar-refractivity contribution is 6.04. The minimum Gasteiger partial charge on any atom is -0.327 e. The molecule has 1 fully saturated rings. The van der Waals surface area contributed by atoms with Crippen LogP contribution in [0.3, 0.4) is 0 Å². The summed E-state index contributed by atoms with van der Waals surface area (Å²) in [6.45, 7) is 0.611. The SMILES string of the molecule is O=C(c1n[nH]c(=O)c2ccccc12)N1CCC[C@H]1c1nnc2ccccn12. The quantitative estimate of drug-likeness (QED) is 0.589. The van der Waals surface area contributed by atoms with Crippen molar-refractivity contribution in [1.82, 2.24) is 29.7 Å². The van der Waals surface area contributed by atoms with Crippen molar-refractivity contribution >= 4 is 22.3 Å². The van der Waals surface area contributed by atoms with Gasteiger partial charge in [-0.1, -0.05) is 24.3 Å². The Hall–Kier alpha value is -3.55. The highest BCUT2D eigenvalue weighted by Crippen LogP contribution is 2.32. The van der Waals surface area contributed by atoms with Crippen LogP contribution in [0.2, 0.25) is 0 Å². The van der Waals surface area contributed by atoms with Gasteiger partial charge in [0.1, 0.15) is 0 Å². The first kappa shape index (κ1) is 15.7. The molecule has 0 radical (unpaired) electrons. The number of nitrogens with zero attached hydrogens (tertiary/aromatic N) is 5. The van der Waals surface area contributed by atoms with Crippen LogP contribution in [-0.4, -0.2) is 42.1 Å². The maximum Gasteiger partial charge on any atom is 0.275 e. The van der Waals surface area contributed by atoms with E-state index < -0.39 is 0 Å². The molecule has 0 aliphatic carbocycles. The first-order valence-electron chi connectivity index (χ1n) is 8.82. The van der Waals surface area contributed by atoms with Gasteiger partial charge in [0.05, 0.1) is 11.4 Å². The summed E-state index contributed by atoms with van der Waals surface area (Å²) in [5.74, 6) is 0.530. The predicted molar refractivity (Wildman–Crippen MR) is 98.4 cm³/mol. The van der Waals surface area contributed by atoms with Gasteiger partial charge in [-0.25, -0.2) is 5.10 Å². The normalized spacial score (nSPS) is 17.0. The minimum atomic E-state index is -0.302. The van der Waals surface area contributed by atoms with Gasteiger partial charge in [-0.05, 0) is 31.0 Å². The molecular weight excluding hydrogens is 344 g/mol. The Morgan fingerprint density at radius 2 is 1.89 bits per heavy atom. The van der Waals surface area contributed by atoms with E-state index in [-0.39, 0.29) is 23.2 Å². The number of carbonyl (C=O) groups is 1. The van der Waals surface area contributed by atoms with Gasteiger partial charge in [-0.15, -0.1) is 10.2 Å². The Morgan fingerprint density at radius 3 is 2.78 bits per heavy atom. The molecule has 3 aromatic heterocycles. The minimum absolute atomic E-state index is 0.178. The van der Waals surface area contributed by atoms with E-state index in [9.17, 15) is 9.59 Å². The van der Waals surface area contributed by atoms with Crippen LogP contribution in [0.4, 0.5) is 0 Å². The first-order chi connectivity index (χ1) is 13.2. The Morgan fingerprint density at radius 1 is 1.07 bits per heavy atom. The van der Waals surface area contributed by atoms with Gasteiger partial charge in [0, 0.05) is 18.1 Å². The van der Waals surface area contributed by atoms with Crippen LogP contribution in [0, 0.1) is 0 Å². The standard InChI is InChI=1S/C19H16N6O2/c26-18-13-7-2-1-6-12(13)16(21-23-18)19(27)24-11-5-8-14(24)17-22-20-15-9-3-4-10-25(15)17/h1-4,6-7,9-10,14H,5,8,11H2,(H,23,26)/t14-/m0/s1. The molecule has 8 nitrogen and oxygen atoms in total. The molecular formula is C19H16N6O2. The van der Waals surface area contributed by atoms with Crippen molar-refractivity contribution in [2.24, 2.45) is 0 Å². The summed E-state index contributed by atoms with van der Waals surface area (Å²) in [5.41, 5.74) is 0.703. The highest BCUT2D eigenvalue weighted by atomic mass is 16.2. The molecule has 0 unspecified atom stereocenters. The van der Waals surface area contributed by atoms with E-state index in [0.717, 1.165) is 24.3 Å². The Labute approximate surface area is 153 Å². The maximum atomic E-state index is 13.3. The second kappa shape index (κ2) is 6.01. The summed E-state index contributed by atoms with van der Waals surface area (Å²) in [4.78, 5) is 27.1. The topological polar surface area (TPSA) is 96.2 Å². The monoisotopic (exact) mass is 360 g/mol. The molecule has 1 saturated heterocycles. The number of amides is 1. The van der Waals surface area contributed by atoms with Crippen molar-refractivity contribution in [1.29, 1.82) is 0 Å². The average molecular weight is 360 g/mol. The average Bonchev–Trinajstić information content (AvgIpc) is 3.34. The van der Waals surface area contributed by atoms with Crippen LogP contribution >= 0.6 is 0 Å². The zero-order valence-corrected chi connectivity index (χ0v) is 14.4. The molecule has 27 heavy (non-hydrogen) atoms. The number of hydrogen-bond acceptors (Lipinski definition) is 5. The predicted octanol–water partition coefficient (Wildman–Crippen LogP) is 1.94. The third-order valence-electron chi connectivity index (χ3n) is 5.05. The zero-order valence-electron chi connectivity index (χ0n) is 14.4. The Bertz CT molecular complexity index is 1230. The first-order valence-corrected chi connectivity index (χ1v) is 8.82. The van der Waals surface area contributed by atoms with E-state index in [2.05, 4.69) is 20.4 Å². The third-order valence-corrected chi connectivity index (χ3v) is 5.05. The molecule has 0 saturated carbocycles. The highest BCUT2D eigenvalue weighted by Gasteiger charge is 2.35. The molecule has 1 amide bonds. The van der Waals surface area contributed by atoms with Crippen LogP contribution in [0.15, 0.2) is 53.5 Å². The van der Waals surface area contributed by atoms with Crippen molar-refractivity contribution in [2.75, 3.05) is 6.54 Å². The zero-order chi connectivity index (χ0) is 18.4. The summed E-state index contributed by atoms with van der Waals surface area (Å²) in [6.07, 6.45) is 3.58. The van der Waals surface area contributed by atoms with Gasteiger partial charge in [0.2, 0.25) is 0 Å². The van der Waals surface area contributed by atoms with Crippen LogP contribution in [-0.2, 0) is 0 Å². The second-order valence-electron chi connectivity index (χ2n) is 6.59. The molecule has 4 heterocycles. The van der Waals surface area contributed by atoms with Gasteiger partial charge < -0.3 is 4.90 Å². The molecule has 1 aliphatic heterocycles. The van der Waals surface area contributed by atoms with Gasteiger partial charge in [-0.2, -0.15) is 5.10 Å². The maximum absolute atomic E-state index is 13.3. The number of pyridine rings is 1. The molecule has 1 N–H and O–H groups in total. The van der Waals surface area contributed by atoms with Crippen LogP contribution < -0.4 is 5.56 Å². The fourth-order valence-electron chi connectivity index (χ4n) is 3.78. The van der Waals surface area contributed by atoms with E-state index in [0.29, 0.717) is 17.3 Å². The molecule has 5 rings (SSSR count). The number of aromatic nitrogens is 5. The molecule has 8 heteroatoms. The van der Waals surface area contributed by atoms with Crippen molar-refractivity contribution < 1.29 is 4.79 Å². The van der Waals surface area contributed by atoms with Gasteiger partial charge >= 0.3 is 0 Å².